The molecule has 27 heavy (non-hydrogen) atoms. The van der Waals surface area contributed by atoms with Gasteiger partial charge in [-0.15, -0.1) is 0 Å². The number of unbranched alkanes of at least 4 members (excludes halogenated alkanes) is 2. The zero-order valence-electron chi connectivity index (χ0n) is 16.2. The van der Waals surface area contributed by atoms with Crippen molar-refractivity contribution in [3.63, 3.8) is 0 Å². The number of hydrogen-bond donors (Lipinski definition) is 2. The molecule has 144 valence electrons. The molecular formula is C22H28N2O3. The van der Waals surface area contributed by atoms with Crippen LogP contribution < -0.4 is 15.4 Å². The number of nitrogens with one attached hydrogen (secondary N) is 2. The molecule has 0 fully saturated rings. The lowest BCUT2D eigenvalue weighted by molar-refractivity contribution is -0.138. The molecule has 2 N–H and O–H groups in total. The van der Waals surface area contributed by atoms with Gasteiger partial charge in [-0.25, -0.2) is 0 Å². The second kappa shape index (κ2) is 9.76. The van der Waals surface area contributed by atoms with E-state index >= 15 is 0 Å². The third-order valence-corrected chi connectivity index (χ3v) is 4.29. The lowest BCUT2D eigenvalue weighted by Crippen LogP contribution is -2.45. The Kier molecular flexibility index (Phi) is 7.41. The molecule has 0 saturated heterocycles. The SMILES string of the molecule is CCCCCNC(=O)C(C)(C)C(=O)Nc1ccc(Oc2ccccc2)cc1. The molecule has 2 rings (SSSR count). The van der Waals surface area contributed by atoms with Crippen LogP contribution in [-0.4, -0.2) is 18.4 Å². The summed E-state index contributed by atoms with van der Waals surface area (Å²) < 4.78 is 5.73. The van der Waals surface area contributed by atoms with Gasteiger partial charge in [0, 0.05) is 12.2 Å². The van der Waals surface area contributed by atoms with Crippen molar-refractivity contribution in [2.24, 2.45) is 5.41 Å². The molecule has 0 unspecified atom stereocenters. The van der Waals surface area contributed by atoms with Crippen LogP contribution in [0, 0.1) is 5.41 Å². The largest absolute Gasteiger partial charge is 0.457 e. The van der Waals surface area contributed by atoms with Gasteiger partial charge in [0.05, 0.1) is 0 Å². The average molecular weight is 368 g/mol. The first kappa shape index (κ1) is 20.5. The summed E-state index contributed by atoms with van der Waals surface area (Å²) in [5, 5.41) is 5.64. The Hall–Kier alpha value is -2.82. The van der Waals surface area contributed by atoms with E-state index in [-0.39, 0.29) is 11.8 Å². The lowest BCUT2D eigenvalue weighted by Gasteiger charge is -2.22. The van der Waals surface area contributed by atoms with E-state index in [1.54, 1.807) is 38.1 Å². The highest BCUT2D eigenvalue weighted by Crippen LogP contribution is 2.24. The second-order valence-electron chi connectivity index (χ2n) is 6.98. The van der Waals surface area contributed by atoms with Gasteiger partial charge >= 0.3 is 0 Å². The molecule has 0 heterocycles. The summed E-state index contributed by atoms with van der Waals surface area (Å²) in [7, 11) is 0. The summed E-state index contributed by atoms with van der Waals surface area (Å²) in [6.45, 7) is 5.96. The van der Waals surface area contributed by atoms with Crippen LogP contribution in [0.3, 0.4) is 0 Å². The zero-order valence-corrected chi connectivity index (χ0v) is 16.2. The highest BCUT2D eigenvalue weighted by molar-refractivity contribution is 6.09. The number of para-hydroxylation sites is 1. The molecule has 0 atom stereocenters. The summed E-state index contributed by atoms with van der Waals surface area (Å²) in [5.74, 6) is 0.814. The van der Waals surface area contributed by atoms with E-state index in [1.165, 1.54) is 0 Å². The minimum Gasteiger partial charge on any atom is -0.457 e. The number of benzene rings is 2. The quantitative estimate of drug-likeness (QED) is 0.496. The summed E-state index contributed by atoms with van der Waals surface area (Å²) in [6.07, 6.45) is 3.07. The van der Waals surface area contributed by atoms with Gasteiger partial charge in [0.2, 0.25) is 11.8 Å². The number of anilines is 1. The molecule has 2 aromatic rings. The molecule has 0 radical (unpaired) electrons. The van der Waals surface area contributed by atoms with Gasteiger partial charge in [0.25, 0.3) is 0 Å². The first-order chi connectivity index (χ1) is 12.9. The standard InChI is InChI=1S/C22H28N2O3/c1-4-5-9-16-23-20(25)22(2,3)21(26)24-17-12-14-19(15-13-17)27-18-10-7-6-8-11-18/h6-8,10-15H,4-5,9,16H2,1-3H3,(H,23,25)(H,24,26). The monoisotopic (exact) mass is 368 g/mol. The van der Waals surface area contributed by atoms with Crippen molar-refractivity contribution in [3.05, 3.63) is 54.6 Å². The van der Waals surface area contributed by atoms with E-state index in [2.05, 4.69) is 17.6 Å². The molecule has 2 amide bonds. The van der Waals surface area contributed by atoms with Crippen LogP contribution in [0.2, 0.25) is 0 Å². The van der Waals surface area contributed by atoms with Crippen molar-refractivity contribution in [2.75, 3.05) is 11.9 Å². The maximum Gasteiger partial charge on any atom is 0.239 e. The highest BCUT2D eigenvalue weighted by Gasteiger charge is 2.35. The molecular weight excluding hydrogens is 340 g/mol. The van der Waals surface area contributed by atoms with Crippen molar-refractivity contribution in [1.82, 2.24) is 5.32 Å². The number of amides is 2. The Morgan fingerprint density at radius 3 is 2.15 bits per heavy atom. The first-order valence-corrected chi connectivity index (χ1v) is 9.36. The van der Waals surface area contributed by atoms with E-state index < -0.39 is 5.41 Å². The Morgan fingerprint density at radius 1 is 0.889 bits per heavy atom. The third kappa shape index (κ3) is 6.13. The third-order valence-electron chi connectivity index (χ3n) is 4.29. The molecule has 0 aliphatic carbocycles. The van der Waals surface area contributed by atoms with Crippen LogP contribution in [0.1, 0.15) is 40.0 Å². The maximum absolute atomic E-state index is 12.5. The van der Waals surface area contributed by atoms with E-state index in [4.69, 9.17) is 4.74 Å². The lowest BCUT2D eigenvalue weighted by atomic mass is 9.91. The molecule has 0 spiro atoms. The number of rotatable bonds is 9. The Morgan fingerprint density at radius 2 is 1.52 bits per heavy atom. The minimum atomic E-state index is -1.15. The Bertz CT molecular complexity index is 740. The normalized spacial score (nSPS) is 10.9. The minimum absolute atomic E-state index is 0.264. The Balaban J connectivity index is 1.91. The smallest absolute Gasteiger partial charge is 0.239 e. The van der Waals surface area contributed by atoms with Crippen LogP contribution in [0.4, 0.5) is 5.69 Å². The number of carbonyl (C=O) groups is 2. The van der Waals surface area contributed by atoms with E-state index in [0.29, 0.717) is 18.0 Å². The summed E-state index contributed by atoms with van der Waals surface area (Å²) in [6, 6.07) is 16.5. The molecule has 0 bridgehead atoms. The fraction of sp³-hybridized carbons (Fsp3) is 0.364. The van der Waals surface area contributed by atoms with Crippen LogP contribution in [0.15, 0.2) is 54.6 Å². The summed E-state index contributed by atoms with van der Waals surface area (Å²) in [5.41, 5.74) is -0.530. The van der Waals surface area contributed by atoms with Crippen molar-refractivity contribution in [2.45, 2.75) is 40.0 Å². The van der Waals surface area contributed by atoms with Crippen molar-refractivity contribution >= 4 is 17.5 Å². The molecule has 5 heteroatoms. The molecule has 2 aromatic carbocycles. The van der Waals surface area contributed by atoms with Gasteiger partial charge in [0.1, 0.15) is 16.9 Å². The van der Waals surface area contributed by atoms with Crippen LogP contribution in [-0.2, 0) is 9.59 Å². The average Bonchev–Trinajstić information content (AvgIpc) is 2.67. The van der Waals surface area contributed by atoms with Crippen molar-refractivity contribution < 1.29 is 14.3 Å². The van der Waals surface area contributed by atoms with Crippen molar-refractivity contribution in [1.29, 1.82) is 0 Å². The maximum atomic E-state index is 12.5. The Labute approximate surface area is 161 Å². The highest BCUT2D eigenvalue weighted by atomic mass is 16.5. The molecule has 0 saturated carbocycles. The van der Waals surface area contributed by atoms with Crippen LogP contribution >= 0.6 is 0 Å². The van der Waals surface area contributed by atoms with Crippen LogP contribution in [0.5, 0.6) is 11.5 Å². The topological polar surface area (TPSA) is 67.4 Å². The number of ether oxygens (including phenoxy) is 1. The molecule has 5 nitrogen and oxygen atoms in total. The van der Waals surface area contributed by atoms with Gasteiger partial charge in [-0.2, -0.15) is 0 Å². The fourth-order valence-electron chi connectivity index (χ4n) is 2.42. The molecule has 0 aliphatic rings. The fourth-order valence-corrected chi connectivity index (χ4v) is 2.42. The molecule has 0 aromatic heterocycles. The number of carbonyl (C=O) groups excluding carboxylic acids is 2. The van der Waals surface area contributed by atoms with Gasteiger partial charge in [0.15, 0.2) is 0 Å². The molecule has 0 aliphatic heterocycles. The number of hydrogen-bond acceptors (Lipinski definition) is 3. The van der Waals surface area contributed by atoms with E-state index in [0.717, 1.165) is 25.0 Å². The predicted molar refractivity (Wildman–Crippen MR) is 108 cm³/mol. The van der Waals surface area contributed by atoms with Crippen LogP contribution in [0.25, 0.3) is 0 Å². The van der Waals surface area contributed by atoms with Gasteiger partial charge in [-0.1, -0.05) is 38.0 Å². The van der Waals surface area contributed by atoms with E-state index in [1.807, 2.05) is 30.3 Å². The summed E-state index contributed by atoms with van der Waals surface area (Å²) >= 11 is 0. The van der Waals surface area contributed by atoms with Crippen molar-refractivity contribution in [3.8, 4) is 11.5 Å². The van der Waals surface area contributed by atoms with Gasteiger partial charge in [-0.3, -0.25) is 9.59 Å². The van der Waals surface area contributed by atoms with Gasteiger partial charge < -0.3 is 15.4 Å². The second-order valence-corrected chi connectivity index (χ2v) is 6.98. The van der Waals surface area contributed by atoms with E-state index in [9.17, 15) is 9.59 Å². The predicted octanol–water partition coefficient (Wildman–Crippen LogP) is 4.75. The summed E-state index contributed by atoms with van der Waals surface area (Å²) in [4.78, 5) is 24.9. The first-order valence-electron chi connectivity index (χ1n) is 9.36. The van der Waals surface area contributed by atoms with Gasteiger partial charge in [-0.05, 0) is 56.7 Å². The zero-order chi connectivity index (χ0) is 19.7.